The molecular weight excluding hydrogens is 255 g/mol. The lowest BCUT2D eigenvalue weighted by molar-refractivity contribution is -0.134. The van der Waals surface area contributed by atoms with E-state index in [1.807, 2.05) is 13.8 Å². The van der Waals surface area contributed by atoms with Crippen molar-refractivity contribution < 1.29 is 13.2 Å². The molecule has 0 atom stereocenters. The Hall–Kier alpha value is -1.17. The number of nitrogens with one attached hydrogen (secondary N) is 1. The maximum atomic E-state index is 12.3. The van der Waals surface area contributed by atoms with E-state index in [2.05, 4.69) is 15.3 Å². The smallest absolute Gasteiger partial charge is 0.312 e. The van der Waals surface area contributed by atoms with Gasteiger partial charge in [-0.2, -0.15) is 13.2 Å². The van der Waals surface area contributed by atoms with Gasteiger partial charge < -0.3 is 5.32 Å². The summed E-state index contributed by atoms with van der Waals surface area (Å²) >= 11 is 0. The summed E-state index contributed by atoms with van der Waals surface area (Å²) in [7, 11) is 0. The van der Waals surface area contributed by atoms with Crippen molar-refractivity contribution in [2.24, 2.45) is 0 Å². The Labute approximate surface area is 110 Å². The molecule has 0 aromatic carbocycles. The van der Waals surface area contributed by atoms with Crippen LogP contribution in [0.25, 0.3) is 0 Å². The molecule has 0 spiro atoms. The summed E-state index contributed by atoms with van der Waals surface area (Å²) in [5.74, 6) is 0.517. The highest BCUT2D eigenvalue weighted by Gasteiger charge is 2.28. The van der Waals surface area contributed by atoms with E-state index in [1.54, 1.807) is 0 Å². The Balaban J connectivity index is 2.28. The highest BCUT2D eigenvalue weighted by atomic mass is 19.4. The van der Waals surface area contributed by atoms with Crippen molar-refractivity contribution in [1.29, 1.82) is 0 Å². The summed E-state index contributed by atoms with van der Waals surface area (Å²) in [4.78, 5) is 8.65. The number of fused-ring (bicyclic) bond motifs is 1. The molecule has 2 rings (SSSR count). The molecule has 0 saturated carbocycles. The second kappa shape index (κ2) is 5.45. The number of hydrogen-bond acceptors (Lipinski definition) is 3. The van der Waals surface area contributed by atoms with Crippen LogP contribution in [-0.4, -0.2) is 22.7 Å². The molecule has 1 aromatic rings. The molecule has 1 aliphatic rings. The lowest BCUT2D eigenvalue weighted by atomic mass is 9.98. The minimum atomic E-state index is -4.15. The van der Waals surface area contributed by atoms with E-state index < -0.39 is 12.6 Å². The zero-order chi connectivity index (χ0) is 14.0. The zero-order valence-electron chi connectivity index (χ0n) is 11.1. The van der Waals surface area contributed by atoms with Crippen molar-refractivity contribution in [3.63, 3.8) is 0 Å². The van der Waals surface area contributed by atoms with Crippen LogP contribution in [0.3, 0.4) is 0 Å². The second-order valence-electron chi connectivity index (χ2n) is 5.15. The number of hydrogen-bond donors (Lipinski definition) is 1. The van der Waals surface area contributed by atoms with E-state index in [0.29, 0.717) is 12.4 Å². The quantitative estimate of drug-likeness (QED) is 0.920. The first-order valence-corrected chi connectivity index (χ1v) is 6.53. The Bertz CT molecular complexity index is 455. The van der Waals surface area contributed by atoms with Crippen LogP contribution in [0, 0.1) is 0 Å². The average molecular weight is 273 g/mol. The predicted molar refractivity (Wildman–Crippen MR) is 65.9 cm³/mol. The summed E-state index contributed by atoms with van der Waals surface area (Å²) in [6.07, 6.45) is -4.39. The third-order valence-electron chi connectivity index (χ3n) is 3.19. The Kier molecular flexibility index (Phi) is 4.08. The number of aryl methyl sites for hydroxylation is 1. The molecule has 1 aliphatic heterocycles. The molecule has 19 heavy (non-hydrogen) atoms. The van der Waals surface area contributed by atoms with Gasteiger partial charge in [0.2, 0.25) is 0 Å². The van der Waals surface area contributed by atoms with Crippen LogP contribution in [-0.2, 0) is 19.4 Å². The molecule has 6 heteroatoms. The Morgan fingerprint density at radius 2 is 2.00 bits per heavy atom. The third-order valence-corrected chi connectivity index (χ3v) is 3.19. The van der Waals surface area contributed by atoms with Crippen LogP contribution in [0.15, 0.2) is 0 Å². The maximum Gasteiger partial charge on any atom is 0.389 e. The van der Waals surface area contributed by atoms with E-state index in [-0.39, 0.29) is 12.3 Å². The molecule has 0 fully saturated rings. The largest absolute Gasteiger partial charge is 0.389 e. The van der Waals surface area contributed by atoms with Crippen molar-refractivity contribution in [3.8, 4) is 0 Å². The van der Waals surface area contributed by atoms with Crippen molar-refractivity contribution in [3.05, 3.63) is 22.8 Å². The standard InChI is InChI=1S/C13H18F3N3/c1-8(2)12-9-7-17-6-4-10(9)18-11(19-12)3-5-13(14,15)16/h8,17H,3-7H2,1-2H3. The molecule has 0 bridgehead atoms. The van der Waals surface area contributed by atoms with Crippen molar-refractivity contribution in [2.45, 2.75) is 51.7 Å². The number of nitrogens with zero attached hydrogens (tertiary/aromatic N) is 2. The number of rotatable bonds is 3. The van der Waals surface area contributed by atoms with Gasteiger partial charge in [0.1, 0.15) is 5.82 Å². The van der Waals surface area contributed by atoms with Crippen molar-refractivity contribution >= 4 is 0 Å². The zero-order valence-corrected chi connectivity index (χ0v) is 11.1. The van der Waals surface area contributed by atoms with Crippen LogP contribution in [0.5, 0.6) is 0 Å². The summed E-state index contributed by atoms with van der Waals surface area (Å²) in [5, 5.41) is 3.25. The van der Waals surface area contributed by atoms with Gasteiger partial charge in [0.25, 0.3) is 0 Å². The minimum Gasteiger partial charge on any atom is -0.312 e. The molecule has 0 saturated heterocycles. The summed E-state index contributed by atoms with van der Waals surface area (Å²) in [6, 6.07) is 0. The molecule has 1 N–H and O–H groups in total. The topological polar surface area (TPSA) is 37.8 Å². The number of aromatic nitrogens is 2. The Morgan fingerprint density at radius 1 is 1.26 bits per heavy atom. The molecule has 0 amide bonds. The minimum absolute atomic E-state index is 0.135. The lowest BCUT2D eigenvalue weighted by Gasteiger charge is -2.21. The average Bonchev–Trinajstić information content (AvgIpc) is 2.34. The van der Waals surface area contributed by atoms with Gasteiger partial charge in [-0.25, -0.2) is 9.97 Å². The first-order valence-electron chi connectivity index (χ1n) is 6.53. The monoisotopic (exact) mass is 273 g/mol. The molecule has 3 nitrogen and oxygen atoms in total. The van der Waals surface area contributed by atoms with Crippen LogP contribution in [0.4, 0.5) is 13.2 Å². The fourth-order valence-corrected chi connectivity index (χ4v) is 2.27. The van der Waals surface area contributed by atoms with Gasteiger partial charge >= 0.3 is 6.18 Å². The first-order chi connectivity index (χ1) is 8.87. The SMILES string of the molecule is CC(C)c1nc(CCC(F)(F)F)nc2c1CNCC2. The van der Waals surface area contributed by atoms with Crippen molar-refractivity contribution in [2.75, 3.05) is 6.54 Å². The van der Waals surface area contributed by atoms with E-state index in [4.69, 9.17) is 0 Å². The lowest BCUT2D eigenvalue weighted by Crippen LogP contribution is -2.27. The molecule has 2 heterocycles. The third kappa shape index (κ3) is 3.65. The van der Waals surface area contributed by atoms with E-state index >= 15 is 0 Å². The van der Waals surface area contributed by atoms with Crippen LogP contribution < -0.4 is 5.32 Å². The molecule has 0 unspecified atom stereocenters. The molecule has 1 aromatic heterocycles. The van der Waals surface area contributed by atoms with Gasteiger partial charge in [-0.15, -0.1) is 0 Å². The van der Waals surface area contributed by atoms with Crippen LogP contribution >= 0.6 is 0 Å². The predicted octanol–water partition coefficient (Wildman–Crippen LogP) is 2.74. The number of alkyl halides is 3. The van der Waals surface area contributed by atoms with Gasteiger partial charge in [-0.05, 0) is 5.92 Å². The molecule has 106 valence electrons. The van der Waals surface area contributed by atoms with Gasteiger partial charge in [-0.3, -0.25) is 0 Å². The molecular formula is C13H18F3N3. The van der Waals surface area contributed by atoms with Gasteiger partial charge in [0.05, 0.1) is 17.8 Å². The van der Waals surface area contributed by atoms with Gasteiger partial charge in [-0.1, -0.05) is 13.8 Å². The van der Waals surface area contributed by atoms with Crippen molar-refractivity contribution in [1.82, 2.24) is 15.3 Å². The van der Waals surface area contributed by atoms with Gasteiger partial charge in [0.15, 0.2) is 0 Å². The maximum absolute atomic E-state index is 12.3. The van der Waals surface area contributed by atoms with E-state index in [0.717, 1.165) is 29.9 Å². The summed E-state index contributed by atoms with van der Waals surface area (Å²) in [6.45, 7) is 5.54. The fourth-order valence-electron chi connectivity index (χ4n) is 2.27. The highest BCUT2D eigenvalue weighted by molar-refractivity contribution is 5.30. The molecule has 0 aliphatic carbocycles. The number of halogens is 3. The van der Waals surface area contributed by atoms with Gasteiger partial charge in [0, 0.05) is 31.5 Å². The highest BCUT2D eigenvalue weighted by Crippen LogP contribution is 2.25. The van der Waals surface area contributed by atoms with Crippen LogP contribution in [0.1, 0.15) is 49.0 Å². The van der Waals surface area contributed by atoms with E-state index in [1.165, 1.54) is 0 Å². The fraction of sp³-hybridized carbons (Fsp3) is 0.692. The molecule has 0 radical (unpaired) electrons. The first kappa shape index (κ1) is 14.2. The Morgan fingerprint density at radius 3 is 2.63 bits per heavy atom. The summed E-state index contributed by atoms with van der Waals surface area (Å²) in [5.41, 5.74) is 2.86. The van der Waals surface area contributed by atoms with Crippen LogP contribution in [0.2, 0.25) is 0 Å². The normalized spacial score (nSPS) is 15.7. The second-order valence-corrected chi connectivity index (χ2v) is 5.15. The summed E-state index contributed by atoms with van der Waals surface area (Å²) < 4.78 is 36.8. The van der Waals surface area contributed by atoms with E-state index in [9.17, 15) is 13.2 Å².